The van der Waals surface area contributed by atoms with Crippen LogP contribution in [0.25, 0.3) is 0 Å². The van der Waals surface area contributed by atoms with Gasteiger partial charge in [-0.2, -0.15) is 0 Å². The van der Waals surface area contributed by atoms with Crippen molar-refractivity contribution in [1.82, 2.24) is 10.2 Å². The summed E-state index contributed by atoms with van der Waals surface area (Å²) in [4.78, 5) is 31.3. The molecule has 1 saturated heterocycles. The van der Waals surface area contributed by atoms with Crippen molar-refractivity contribution in [2.75, 3.05) is 56.1 Å². The number of likely N-dealkylation sites (N-methyl/N-ethyl adjacent to an activating group) is 1. The first-order valence-corrected chi connectivity index (χ1v) is 9.95. The number of hydrogen-bond acceptors (Lipinski definition) is 5. The van der Waals surface area contributed by atoms with Crippen molar-refractivity contribution in [1.29, 1.82) is 0 Å². The summed E-state index contributed by atoms with van der Waals surface area (Å²) in [6.07, 6.45) is -0.627. The lowest BCUT2D eigenvalue weighted by molar-refractivity contribution is -0.131. The molecule has 29 heavy (non-hydrogen) atoms. The van der Waals surface area contributed by atoms with Crippen LogP contribution in [0.3, 0.4) is 0 Å². The van der Waals surface area contributed by atoms with Crippen LogP contribution >= 0.6 is 0 Å². The number of carbonyl (C=O) groups excluding carboxylic acids is 2. The van der Waals surface area contributed by atoms with E-state index >= 15 is 0 Å². The maximum Gasteiger partial charge on any atom is 0.262 e. The Hall–Kier alpha value is -3.22. The number of carbonyl (C=O) groups is 2. The molecule has 2 aliphatic rings. The lowest BCUT2D eigenvalue weighted by Gasteiger charge is -2.39. The molecular weight excluding hydrogens is 368 g/mol. The molecule has 152 valence electrons. The summed E-state index contributed by atoms with van der Waals surface area (Å²) < 4.78 is 5.82. The van der Waals surface area contributed by atoms with Gasteiger partial charge in [-0.25, -0.2) is 0 Å². The van der Waals surface area contributed by atoms with Gasteiger partial charge in [-0.1, -0.05) is 30.3 Å². The van der Waals surface area contributed by atoms with Crippen molar-refractivity contribution in [3.8, 4) is 5.75 Å². The van der Waals surface area contributed by atoms with Crippen LogP contribution < -0.4 is 19.9 Å². The molecule has 0 radical (unpaired) electrons. The largest absolute Gasteiger partial charge is 0.477 e. The molecule has 4 rings (SSSR count). The SMILES string of the molecule is CNC(=O)[C@@H]1CN(CC(=O)N2CCN(c3ccccc3)CC2)c2ccccc2O1. The van der Waals surface area contributed by atoms with Crippen molar-refractivity contribution in [3.63, 3.8) is 0 Å². The van der Waals surface area contributed by atoms with E-state index in [0.29, 0.717) is 25.4 Å². The van der Waals surface area contributed by atoms with E-state index in [2.05, 4.69) is 22.3 Å². The highest BCUT2D eigenvalue weighted by atomic mass is 16.5. The first-order valence-electron chi connectivity index (χ1n) is 9.95. The number of fused-ring (bicyclic) bond motifs is 1. The quantitative estimate of drug-likeness (QED) is 0.848. The lowest BCUT2D eigenvalue weighted by Crippen LogP contribution is -2.54. The van der Waals surface area contributed by atoms with Crippen molar-refractivity contribution in [3.05, 3.63) is 54.6 Å². The molecule has 0 saturated carbocycles. The Balaban J connectivity index is 1.41. The van der Waals surface area contributed by atoms with Crippen LogP contribution in [0.2, 0.25) is 0 Å². The summed E-state index contributed by atoms with van der Waals surface area (Å²) in [6, 6.07) is 17.8. The van der Waals surface area contributed by atoms with Crippen LogP contribution in [0.4, 0.5) is 11.4 Å². The number of hydrogen-bond donors (Lipinski definition) is 1. The van der Waals surface area contributed by atoms with Crippen molar-refractivity contribution >= 4 is 23.2 Å². The van der Waals surface area contributed by atoms with Gasteiger partial charge in [0, 0.05) is 38.9 Å². The second-order valence-electron chi connectivity index (χ2n) is 7.27. The van der Waals surface area contributed by atoms with Crippen molar-refractivity contribution in [2.24, 2.45) is 0 Å². The number of nitrogens with zero attached hydrogens (tertiary/aromatic N) is 3. The Kier molecular flexibility index (Phi) is 5.55. The second kappa shape index (κ2) is 8.43. The van der Waals surface area contributed by atoms with E-state index in [1.165, 1.54) is 5.69 Å². The van der Waals surface area contributed by atoms with Gasteiger partial charge in [0.2, 0.25) is 5.91 Å². The Bertz CT molecular complexity index is 865. The van der Waals surface area contributed by atoms with E-state index in [1.807, 2.05) is 52.3 Å². The van der Waals surface area contributed by atoms with Crippen molar-refractivity contribution < 1.29 is 14.3 Å². The number of nitrogens with one attached hydrogen (secondary N) is 1. The fourth-order valence-corrected chi connectivity index (χ4v) is 3.87. The fraction of sp³-hybridized carbons (Fsp3) is 0.364. The Morgan fingerprint density at radius 1 is 1.00 bits per heavy atom. The van der Waals surface area contributed by atoms with Gasteiger partial charge >= 0.3 is 0 Å². The standard InChI is InChI=1S/C22H26N4O3/c1-23-22(28)20-15-26(18-9-5-6-10-19(18)29-20)16-21(27)25-13-11-24(12-14-25)17-7-3-2-4-8-17/h2-10,20H,11-16H2,1H3,(H,23,28)/t20-/m0/s1. The average Bonchev–Trinajstić information content (AvgIpc) is 2.79. The fourth-order valence-electron chi connectivity index (χ4n) is 3.87. The van der Waals surface area contributed by atoms with Crippen LogP contribution in [-0.4, -0.2) is 69.1 Å². The average molecular weight is 394 g/mol. The molecule has 0 bridgehead atoms. The molecule has 2 aromatic rings. The third-order valence-electron chi connectivity index (χ3n) is 5.48. The summed E-state index contributed by atoms with van der Waals surface area (Å²) in [5.74, 6) is 0.521. The monoisotopic (exact) mass is 394 g/mol. The van der Waals surface area contributed by atoms with E-state index in [1.54, 1.807) is 7.05 Å². The highest BCUT2D eigenvalue weighted by Gasteiger charge is 2.32. The Morgan fingerprint density at radius 2 is 1.69 bits per heavy atom. The number of para-hydroxylation sites is 3. The minimum absolute atomic E-state index is 0.0741. The molecule has 2 aromatic carbocycles. The highest BCUT2D eigenvalue weighted by molar-refractivity contribution is 5.86. The number of benzene rings is 2. The summed E-state index contributed by atoms with van der Waals surface area (Å²) in [6.45, 7) is 3.61. The van der Waals surface area contributed by atoms with E-state index in [4.69, 9.17) is 4.74 Å². The second-order valence-corrected chi connectivity index (χ2v) is 7.27. The van der Waals surface area contributed by atoms with E-state index in [-0.39, 0.29) is 18.4 Å². The minimum Gasteiger partial charge on any atom is -0.477 e. The molecule has 0 spiro atoms. The number of anilines is 2. The number of ether oxygens (including phenoxy) is 1. The topological polar surface area (TPSA) is 65.1 Å². The smallest absolute Gasteiger partial charge is 0.262 e. The Labute approximate surface area is 170 Å². The molecule has 2 heterocycles. The predicted molar refractivity (Wildman–Crippen MR) is 112 cm³/mol. The zero-order valence-electron chi connectivity index (χ0n) is 16.6. The molecule has 1 atom stereocenters. The summed E-state index contributed by atoms with van der Waals surface area (Å²) in [7, 11) is 1.59. The van der Waals surface area contributed by atoms with Gasteiger partial charge in [0.05, 0.1) is 18.8 Å². The molecule has 2 aliphatic heterocycles. The maximum absolute atomic E-state index is 13.0. The van der Waals surface area contributed by atoms with Crippen LogP contribution in [0, 0.1) is 0 Å². The van der Waals surface area contributed by atoms with Gasteiger partial charge in [0.15, 0.2) is 6.10 Å². The predicted octanol–water partition coefficient (Wildman–Crippen LogP) is 1.35. The zero-order chi connectivity index (χ0) is 20.2. The number of amides is 2. The van der Waals surface area contributed by atoms with Crippen LogP contribution in [-0.2, 0) is 9.59 Å². The normalized spacial score (nSPS) is 18.7. The van der Waals surface area contributed by atoms with Gasteiger partial charge in [0.25, 0.3) is 5.91 Å². The first-order chi connectivity index (χ1) is 14.2. The zero-order valence-corrected chi connectivity index (χ0v) is 16.6. The molecule has 1 N–H and O–H groups in total. The van der Waals surface area contributed by atoms with Crippen LogP contribution in [0.15, 0.2) is 54.6 Å². The van der Waals surface area contributed by atoms with Gasteiger partial charge in [-0.05, 0) is 24.3 Å². The summed E-state index contributed by atoms with van der Waals surface area (Å²) >= 11 is 0. The van der Waals surface area contributed by atoms with E-state index < -0.39 is 6.10 Å². The summed E-state index contributed by atoms with van der Waals surface area (Å²) in [5.41, 5.74) is 2.04. The molecule has 7 nitrogen and oxygen atoms in total. The van der Waals surface area contributed by atoms with Crippen LogP contribution in [0.1, 0.15) is 0 Å². The van der Waals surface area contributed by atoms with E-state index in [9.17, 15) is 9.59 Å². The van der Waals surface area contributed by atoms with Crippen molar-refractivity contribution in [2.45, 2.75) is 6.10 Å². The van der Waals surface area contributed by atoms with Gasteiger partial charge in [-0.15, -0.1) is 0 Å². The molecule has 0 unspecified atom stereocenters. The third-order valence-corrected chi connectivity index (χ3v) is 5.48. The lowest BCUT2D eigenvalue weighted by atomic mass is 10.1. The first kappa shape index (κ1) is 19.1. The van der Waals surface area contributed by atoms with Crippen LogP contribution in [0.5, 0.6) is 5.75 Å². The molecule has 0 aliphatic carbocycles. The van der Waals surface area contributed by atoms with Gasteiger partial charge < -0.3 is 24.8 Å². The van der Waals surface area contributed by atoms with Gasteiger partial charge in [-0.3, -0.25) is 9.59 Å². The molecule has 0 aromatic heterocycles. The highest BCUT2D eigenvalue weighted by Crippen LogP contribution is 2.33. The molecule has 1 fully saturated rings. The minimum atomic E-state index is -0.627. The van der Waals surface area contributed by atoms with Gasteiger partial charge in [0.1, 0.15) is 5.75 Å². The molecule has 2 amide bonds. The maximum atomic E-state index is 13.0. The molecular formula is C22H26N4O3. The third kappa shape index (κ3) is 4.13. The summed E-state index contributed by atoms with van der Waals surface area (Å²) in [5, 5.41) is 2.63. The van der Waals surface area contributed by atoms with E-state index in [0.717, 1.165) is 18.8 Å². The Morgan fingerprint density at radius 3 is 2.41 bits per heavy atom. The number of piperazine rings is 1. The number of rotatable bonds is 4. The molecule has 7 heteroatoms.